The summed E-state index contributed by atoms with van der Waals surface area (Å²) in [6, 6.07) is 5.24. The number of aliphatic hydroxyl groups is 1. The van der Waals surface area contributed by atoms with Crippen LogP contribution in [0, 0.1) is 10.1 Å². The van der Waals surface area contributed by atoms with Crippen molar-refractivity contribution in [3.05, 3.63) is 33.9 Å². The Bertz CT molecular complexity index is 421. The monoisotopic (exact) mass is 268 g/mol. The van der Waals surface area contributed by atoms with E-state index in [1.807, 2.05) is 13.8 Å². The lowest BCUT2D eigenvalue weighted by atomic mass is 10.2. The van der Waals surface area contributed by atoms with Crippen molar-refractivity contribution < 1.29 is 14.8 Å². The van der Waals surface area contributed by atoms with Crippen LogP contribution in [0.2, 0.25) is 0 Å². The fourth-order valence-corrected chi connectivity index (χ4v) is 1.51. The Labute approximate surface area is 112 Å². The van der Waals surface area contributed by atoms with E-state index < -0.39 is 4.92 Å². The van der Waals surface area contributed by atoms with Gasteiger partial charge in [0.05, 0.1) is 11.5 Å². The van der Waals surface area contributed by atoms with E-state index in [4.69, 9.17) is 9.84 Å². The number of nitro benzene ring substituents is 1. The summed E-state index contributed by atoms with van der Waals surface area (Å²) in [7, 11) is 0. The molecule has 1 aromatic rings. The lowest BCUT2D eigenvalue weighted by Gasteiger charge is -2.10. The molecule has 0 aromatic heterocycles. The minimum Gasteiger partial charge on any atom is -0.487 e. The van der Waals surface area contributed by atoms with Gasteiger partial charge < -0.3 is 15.2 Å². The lowest BCUT2D eigenvalue weighted by Crippen LogP contribution is -2.21. The summed E-state index contributed by atoms with van der Waals surface area (Å²) in [6.07, 6.45) is 0.452. The number of rotatable bonds is 8. The zero-order valence-corrected chi connectivity index (χ0v) is 11.3. The molecule has 2 N–H and O–H groups in total. The summed E-state index contributed by atoms with van der Waals surface area (Å²) in [6.45, 7) is 4.88. The second-order valence-electron chi connectivity index (χ2n) is 4.52. The molecule has 0 radical (unpaired) electrons. The van der Waals surface area contributed by atoms with Crippen molar-refractivity contribution in [3.63, 3.8) is 0 Å². The quantitative estimate of drug-likeness (QED) is 0.427. The highest BCUT2D eigenvalue weighted by molar-refractivity contribution is 5.48. The molecule has 0 spiro atoms. The molecule has 0 amide bonds. The number of hydrogen-bond donors (Lipinski definition) is 2. The van der Waals surface area contributed by atoms with Gasteiger partial charge in [0.1, 0.15) is 0 Å². The Balaban J connectivity index is 2.79. The van der Waals surface area contributed by atoms with Crippen LogP contribution < -0.4 is 10.1 Å². The summed E-state index contributed by atoms with van der Waals surface area (Å²) < 4.78 is 5.30. The lowest BCUT2D eigenvalue weighted by molar-refractivity contribution is -0.385. The van der Waals surface area contributed by atoms with E-state index in [9.17, 15) is 10.1 Å². The van der Waals surface area contributed by atoms with E-state index in [1.54, 1.807) is 12.1 Å². The van der Waals surface area contributed by atoms with E-state index in [2.05, 4.69) is 5.32 Å². The van der Waals surface area contributed by atoms with Crippen molar-refractivity contribution in [1.29, 1.82) is 0 Å². The van der Waals surface area contributed by atoms with Gasteiger partial charge in [0.15, 0.2) is 5.75 Å². The van der Waals surface area contributed by atoms with Gasteiger partial charge in [0, 0.05) is 31.7 Å². The number of ether oxygens (including phenoxy) is 1. The maximum Gasteiger partial charge on any atom is 0.311 e. The van der Waals surface area contributed by atoms with Crippen molar-refractivity contribution in [2.75, 3.05) is 13.2 Å². The molecule has 0 fully saturated rings. The number of nitrogens with one attached hydrogen (secondary N) is 1. The molecule has 6 heteroatoms. The molecule has 0 bridgehead atoms. The zero-order chi connectivity index (χ0) is 14.3. The van der Waals surface area contributed by atoms with Crippen LogP contribution in [0.15, 0.2) is 18.2 Å². The Hall–Kier alpha value is -1.66. The van der Waals surface area contributed by atoms with E-state index in [0.29, 0.717) is 19.0 Å². The molecule has 6 nitrogen and oxygen atoms in total. The highest BCUT2D eigenvalue weighted by Crippen LogP contribution is 2.28. The highest BCUT2D eigenvalue weighted by atomic mass is 16.6. The number of aliphatic hydroxyl groups excluding tert-OH is 1. The van der Waals surface area contributed by atoms with Gasteiger partial charge in [-0.3, -0.25) is 10.1 Å². The summed E-state index contributed by atoms with van der Waals surface area (Å²) >= 11 is 0. The van der Waals surface area contributed by atoms with Gasteiger partial charge in [-0.05, 0) is 11.6 Å². The van der Waals surface area contributed by atoms with Crippen molar-refractivity contribution in [2.45, 2.75) is 32.9 Å². The Kier molecular flexibility index (Phi) is 6.24. The van der Waals surface area contributed by atoms with Gasteiger partial charge in [-0.2, -0.15) is 0 Å². The largest absolute Gasteiger partial charge is 0.487 e. The molecular formula is C13H20N2O4. The third-order valence-corrected chi connectivity index (χ3v) is 2.49. The van der Waals surface area contributed by atoms with E-state index >= 15 is 0 Å². The Morgan fingerprint density at radius 2 is 2.21 bits per heavy atom. The Morgan fingerprint density at radius 3 is 2.79 bits per heavy atom. The van der Waals surface area contributed by atoms with Gasteiger partial charge in [0.25, 0.3) is 0 Å². The molecule has 0 aliphatic rings. The topological polar surface area (TPSA) is 84.6 Å². The van der Waals surface area contributed by atoms with Gasteiger partial charge >= 0.3 is 5.69 Å². The number of nitro groups is 1. The third kappa shape index (κ3) is 5.23. The second-order valence-corrected chi connectivity index (χ2v) is 4.52. The summed E-state index contributed by atoms with van der Waals surface area (Å²) in [5.74, 6) is 0.242. The first-order chi connectivity index (χ1) is 9.04. The summed E-state index contributed by atoms with van der Waals surface area (Å²) in [4.78, 5) is 10.5. The summed E-state index contributed by atoms with van der Waals surface area (Å²) in [5.41, 5.74) is 0.802. The van der Waals surface area contributed by atoms with Crippen molar-refractivity contribution >= 4 is 5.69 Å². The number of benzene rings is 1. The smallest absolute Gasteiger partial charge is 0.311 e. The Morgan fingerprint density at radius 1 is 1.47 bits per heavy atom. The number of nitrogens with zero attached hydrogens (tertiary/aromatic N) is 1. The second kappa shape index (κ2) is 7.70. The molecule has 0 saturated carbocycles. The van der Waals surface area contributed by atoms with E-state index in [1.165, 1.54) is 6.07 Å². The first-order valence-corrected chi connectivity index (χ1v) is 6.29. The molecule has 1 aromatic carbocycles. The fraction of sp³-hybridized carbons (Fsp3) is 0.538. The van der Waals surface area contributed by atoms with Crippen LogP contribution in [-0.4, -0.2) is 29.3 Å². The minimum absolute atomic E-state index is 0.00416. The molecule has 106 valence electrons. The molecule has 19 heavy (non-hydrogen) atoms. The minimum atomic E-state index is -0.451. The molecule has 0 aliphatic heterocycles. The van der Waals surface area contributed by atoms with Crippen molar-refractivity contribution in [3.8, 4) is 5.75 Å². The highest BCUT2D eigenvalue weighted by Gasteiger charge is 2.15. The third-order valence-electron chi connectivity index (χ3n) is 2.49. The maximum atomic E-state index is 11.0. The summed E-state index contributed by atoms with van der Waals surface area (Å²) in [5, 5.41) is 22.9. The normalized spacial score (nSPS) is 10.7. The van der Waals surface area contributed by atoms with Crippen LogP contribution in [-0.2, 0) is 6.54 Å². The molecular weight excluding hydrogens is 248 g/mol. The molecule has 0 saturated heterocycles. The van der Waals surface area contributed by atoms with Crippen LogP contribution in [0.4, 0.5) is 5.69 Å². The standard InChI is InChI=1S/C13H20N2O4/c1-10(2)14-9-11-4-5-13(19-7-3-6-16)12(8-11)15(17)18/h4-5,8,10,14,16H,3,6-7,9H2,1-2H3. The molecule has 1 rings (SSSR count). The van der Waals surface area contributed by atoms with Crippen LogP contribution in [0.3, 0.4) is 0 Å². The predicted molar refractivity (Wildman–Crippen MR) is 72.3 cm³/mol. The van der Waals surface area contributed by atoms with Crippen molar-refractivity contribution in [2.24, 2.45) is 0 Å². The fourth-order valence-electron chi connectivity index (χ4n) is 1.51. The predicted octanol–water partition coefficient (Wildman–Crippen LogP) is 1.85. The molecule has 0 aliphatic carbocycles. The zero-order valence-electron chi connectivity index (χ0n) is 11.3. The van der Waals surface area contributed by atoms with E-state index in [0.717, 1.165) is 5.56 Å². The van der Waals surface area contributed by atoms with E-state index in [-0.39, 0.29) is 24.7 Å². The van der Waals surface area contributed by atoms with Crippen LogP contribution >= 0.6 is 0 Å². The average Bonchev–Trinajstić information content (AvgIpc) is 2.37. The van der Waals surface area contributed by atoms with Gasteiger partial charge in [-0.25, -0.2) is 0 Å². The van der Waals surface area contributed by atoms with Crippen LogP contribution in [0.1, 0.15) is 25.8 Å². The molecule has 0 atom stereocenters. The maximum absolute atomic E-state index is 11.0. The first kappa shape index (κ1) is 15.4. The van der Waals surface area contributed by atoms with Gasteiger partial charge in [-0.15, -0.1) is 0 Å². The first-order valence-electron chi connectivity index (χ1n) is 6.29. The average molecular weight is 268 g/mol. The molecule has 0 unspecified atom stereocenters. The molecule has 0 heterocycles. The van der Waals surface area contributed by atoms with Crippen molar-refractivity contribution in [1.82, 2.24) is 5.32 Å². The van der Waals surface area contributed by atoms with Crippen LogP contribution in [0.5, 0.6) is 5.75 Å². The van der Waals surface area contributed by atoms with Gasteiger partial charge in [0.2, 0.25) is 0 Å². The van der Waals surface area contributed by atoms with Crippen LogP contribution in [0.25, 0.3) is 0 Å². The number of hydrogen-bond acceptors (Lipinski definition) is 5. The SMILES string of the molecule is CC(C)NCc1ccc(OCCCO)c([N+](=O)[O-])c1. The van der Waals surface area contributed by atoms with Gasteiger partial charge in [-0.1, -0.05) is 19.9 Å².